The van der Waals surface area contributed by atoms with Gasteiger partial charge in [0.05, 0.1) is 32.0 Å². The quantitative estimate of drug-likeness (QED) is 0.0148. The number of esters is 2. The fourth-order valence-corrected chi connectivity index (χ4v) is 6.79. The number of carbonyl (C=O) groups excluding carboxylic acids is 2. The Morgan fingerprint density at radius 2 is 0.955 bits per heavy atom. The van der Waals surface area contributed by atoms with Gasteiger partial charge in [0.25, 0.3) is 0 Å². The summed E-state index contributed by atoms with van der Waals surface area (Å²) in [5.74, 6) is -1.24. The van der Waals surface area contributed by atoms with Crippen LogP contribution in [0.2, 0.25) is 0 Å². The van der Waals surface area contributed by atoms with E-state index in [1.165, 1.54) is 19.3 Å². The molecule has 372 valence electrons. The van der Waals surface area contributed by atoms with E-state index in [-0.39, 0.29) is 12.8 Å². The molecule has 1 fully saturated rings. The average molecular weight is 965 g/mol. The first-order valence-corrected chi connectivity index (χ1v) is 26.4. The molecule has 66 heavy (non-hydrogen) atoms. The van der Waals surface area contributed by atoms with Crippen LogP contribution < -0.4 is 0 Å². The molecule has 0 radical (unpaired) electrons. The number of hydrogen-bond donors (Lipinski definition) is 4. The molecule has 1 aliphatic heterocycles. The van der Waals surface area contributed by atoms with Gasteiger partial charge in [-0.25, -0.2) is 9.13 Å². The molecule has 0 spiro atoms. The summed E-state index contributed by atoms with van der Waals surface area (Å²) in [5, 5.41) is 9.76. The van der Waals surface area contributed by atoms with Gasteiger partial charge >= 0.3 is 27.6 Å². The van der Waals surface area contributed by atoms with Crippen LogP contribution in [-0.4, -0.2) is 82.6 Å². The van der Waals surface area contributed by atoms with Gasteiger partial charge in [0, 0.05) is 12.8 Å². The van der Waals surface area contributed by atoms with Crippen LogP contribution in [0.1, 0.15) is 129 Å². The molecule has 14 nitrogen and oxygen atoms in total. The number of epoxide rings is 1. The molecule has 0 aliphatic carbocycles. The van der Waals surface area contributed by atoms with Gasteiger partial charge in [-0.1, -0.05) is 148 Å². The van der Waals surface area contributed by atoms with Crippen LogP contribution in [0.25, 0.3) is 0 Å². The molecule has 3 unspecified atom stereocenters. The maximum absolute atomic E-state index is 12.7. The van der Waals surface area contributed by atoms with Crippen molar-refractivity contribution in [3.05, 3.63) is 122 Å². The molecule has 4 N–H and O–H groups in total. The Hall–Kier alpha value is -3.52. The number of aliphatic hydroxyl groups excluding tert-OH is 1. The van der Waals surface area contributed by atoms with Crippen LogP contribution in [0.15, 0.2) is 122 Å². The molecule has 1 rings (SSSR count). The Bertz CT molecular complexity index is 1690. The third-order valence-corrected chi connectivity index (χ3v) is 10.7. The molecule has 0 saturated carbocycles. The molecule has 0 aromatic carbocycles. The van der Waals surface area contributed by atoms with Crippen molar-refractivity contribution in [1.29, 1.82) is 0 Å². The fraction of sp³-hybridized carbons (Fsp3) is 0.560. The minimum Gasteiger partial charge on any atom is -0.462 e. The summed E-state index contributed by atoms with van der Waals surface area (Å²) in [6.45, 7) is 1.42. The molecular formula is C50H78O14P2. The van der Waals surface area contributed by atoms with E-state index >= 15 is 0 Å². The number of phosphoric ester groups is 2. The standard InChI is InChI=1S/C50H78O14P2/c1-3-5-7-8-9-10-11-12-13-14-15-16-17-18-22-25-28-31-35-39-49(52)59-43-46(44-62-66(57,58)61-42-45(51)41-60-65(54,55)56)63-50(53)40-36-32-29-26-23-20-19-21-24-27-30-34-38-48-47(64-48)37-33-6-4-2/h6,9-10,12-13,15-16,18,20-24,28-34,45-48,51H,3-5,7-8,11,14,17,19,25-27,35-44H2,1-2H3,(H,57,58)(H2,54,55,56)/b10-9-,13-12-,16-15-,22-18-,23-20-,24-21-,31-28-,32-29-,33-6-,34-30-/t45-,46+,47?,48?/m0/s1. The van der Waals surface area contributed by atoms with Gasteiger partial charge in [-0.3, -0.25) is 23.2 Å². The minimum absolute atomic E-state index is 0.0202. The van der Waals surface area contributed by atoms with Crippen molar-refractivity contribution in [1.82, 2.24) is 0 Å². The lowest BCUT2D eigenvalue weighted by Crippen LogP contribution is -2.29. The van der Waals surface area contributed by atoms with Gasteiger partial charge in [-0.05, 0) is 89.9 Å². The van der Waals surface area contributed by atoms with Gasteiger partial charge in [-0.2, -0.15) is 0 Å². The van der Waals surface area contributed by atoms with Crippen molar-refractivity contribution in [2.45, 2.75) is 154 Å². The second-order valence-corrected chi connectivity index (χ2v) is 18.0. The molecule has 0 aromatic heterocycles. The largest absolute Gasteiger partial charge is 0.472 e. The number of rotatable bonds is 41. The first kappa shape index (κ1) is 60.5. The van der Waals surface area contributed by atoms with E-state index in [2.05, 4.69) is 108 Å². The smallest absolute Gasteiger partial charge is 0.462 e. The molecule has 0 amide bonds. The lowest BCUT2D eigenvalue weighted by Gasteiger charge is -2.20. The van der Waals surface area contributed by atoms with Crippen molar-refractivity contribution in [2.24, 2.45) is 0 Å². The maximum atomic E-state index is 12.7. The topological polar surface area (TPSA) is 208 Å². The highest BCUT2D eigenvalue weighted by Gasteiger charge is 2.36. The van der Waals surface area contributed by atoms with E-state index in [0.717, 1.165) is 57.8 Å². The van der Waals surface area contributed by atoms with E-state index in [1.54, 1.807) is 0 Å². The SMILES string of the molecule is CC/C=C\CC1OC1C/C=C\C/C=C\C/C=C\C/C=C\CCC(=O)O[C@H](COC(=O)CC/C=C\C/C=C\C/C=C\C/C=C\C/C=C\CCCCC)COP(=O)(O)OC[C@@H](O)COP(=O)(O)O. The van der Waals surface area contributed by atoms with Gasteiger partial charge < -0.3 is 34.0 Å². The lowest BCUT2D eigenvalue weighted by molar-refractivity contribution is -0.161. The predicted octanol–water partition coefficient (Wildman–Crippen LogP) is 11.4. The third-order valence-electron chi connectivity index (χ3n) is 9.25. The lowest BCUT2D eigenvalue weighted by atomic mass is 10.1. The van der Waals surface area contributed by atoms with Crippen LogP contribution in [-0.2, 0) is 46.5 Å². The summed E-state index contributed by atoms with van der Waals surface area (Å²) in [6.07, 6.45) is 54.0. The fourth-order valence-electron chi connectivity index (χ4n) is 5.63. The van der Waals surface area contributed by atoms with Crippen LogP contribution >= 0.6 is 15.6 Å². The Labute approximate surface area is 394 Å². The molecule has 0 bridgehead atoms. The molecule has 0 aromatic rings. The molecule has 1 saturated heterocycles. The van der Waals surface area contributed by atoms with Crippen LogP contribution in [0.4, 0.5) is 0 Å². The van der Waals surface area contributed by atoms with Crippen LogP contribution in [0, 0.1) is 0 Å². The highest BCUT2D eigenvalue weighted by Crippen LogP contribution is 2.44. The van der Waals surface area contributed by atoms with Crippen LogP contribution in [0.5, 0.6) is 0 Å². The van der Waals surface area contributed by atoms with Crippen molar-refractivity contribution >= 4 is 27.6 Å². The van der Waals surface area contributed by atoms with Gasteiger partial charge in [-0.15, -0.1) is 0 Å². The van der Waals surface area contributed by atoms with E-state index < -0.39 is 66.2 Å². The maximum Gasteiger partial charge on any atom is 0.472 e. The summed E-state index contributed by atoms with van der Waals surface area (Å²) in [6, 6.07) is 0. The number of ether oxygens (including phenoxy) is 3. The van der Waals surface area contributed by atoms with Crippen molar-refractivity contribution in [3.8, 4) is 0 Å². The highest BCUT2D eigenvalue weighted by molar-refractivity contribution is 7.47. The Morgan fingerprint density at radius 3 is 1.44 bits per heavy atom. The second-order valence-electron chi connectivity index (χ2n) is 15.3. The zero-order chi connectivity index (χ0) is 48.4. The van der Waals surface area contributed by atoms with Crippen LogP contribution in [0.3, 0.4) is 0 Å². The number of phosphoric acid groups is 2. The number of carbonyl (C=O) groups is 2. The van der Waals surface area contributed by atoms with E-state index in [9.17, 15) is 28.7 Å². The molecule has 5 atom stereocenters. The van der Waals surface area contributed by atoms with Gasteiger partial charge in [0.15, 0.2) is 6.10 Å². The third kappa shape index (κ3) is 40.7. The Kier molecular flexibility index (Phi) is 37.2. The number of unbranched alkanes of at least 4 members (excludes halogenated alkanes) is 3. The van der Waals surface area contributed by atoms with Crippen molar-refractivity contribution < 1.29 is 66.3 Å². The number of aliphatic hydroxyl groups is 1. The number of allylic oxidation sites excluding steroid dienone is 18. The summed E-state index contributed by atoms with van der Waals surface area (Å²) in [7, 11) is -9.75. The highest BCUT2D eigenvalue weighted by atomic mass is 31.2. The van der Waals surface area contributed by atoms with Gasteiger partial charge in [0.1, 0.15) is 12.7 Å². The average Bonchev–Trinajstić information content (AvgIpc) is 4.04. The summed E-state index contributed by atoms with van der Waals surface area (Å²) >= 11 is 0. The predicted molar refractivity (Wildman–Crippen MR) is 261 cm³/mol. The van der Waals surface area contributed by atoms with Crippen molar-refractivity contribution in [3.63, 3.8) is 0 Å². The Morgan fingerprint density at radius 1 is 0.530 bits per heavy atom. The first-order valence-electron chi connectivity index (χ1n) is 23.4. The van der Waals surface area contributed by atoms with E-state index in [1.807, 2.05) is 36.5 Å². The van der Waals surface area contributed by atoms with E-state index in [0.29, 0.717) is 37.9 Å². The molecule has 1 aliphatic rings. The monoisotopic (exact) mass is 964 g/mol. The van der Waals surface area contributed by atoms with Crippen molar-refractivity contribution in [2.75, 3.05) is 26.4 Å². The summed E-state index contributed by atoms with van der Waals surface area (Å²) in [5.41, 5.74) is 0. The summed E-state index contributed by atoms with van der Waals surface area (Å²) in [4.78, 5) is 52.7. The zero-order valence-electron chi connectivity index (χ0n) is 39.2. The summed E-state index contributed by atoms with van der Waals surface area (Å²) < 4.78 is 53.4. The molecule has 16 heteroatoms. The first-order chi connectivity index (χ1) is 31.8. The normalized spacial score (nSPS) is 18.0. The minimum atomic E-state index is -4.89. The second kappa shape index (κ2) is 40.5. The molecular weight excluding hydrogens is 886 g/mol. The zero-order valence-corrected chi connectivity index (χ0v) is 41.0. The Balaban J connectivity index is 2.45. The van der Waals surface area contributed by atoms with E-state index in [4.69, 9.17) is 28.5 Å². The number of hydrogen-bond acceptors (Lipinski definition) is 11. The van der Waals surface area contributed by atoms with Gasteiger partial charge in [0.2, 0.25) is 0 Å². The molecule has 1 heterocycles.